The van der Waals surface area contributed by atoms with Crippen LogP contribution in [0, 0.1) is 17.6 Å². The predicted molar refractivity (Wildman–Crippen MR) is 73.1 cm³/mol. The average Bonchev–Trinajstić information content (AvgIpc) is 2.76. The number of halogens is 3. The first kappa shape index (κ1) is 14.7. The van der Waals surface area contributed by atoms with Crippen LogP contribution in [0.2, 0.25) is 0 Å². The summed E-state index contributed by atoms with van der Waals surface area (Å²) in [6.45, 7) is 1.39. The lowest BCUT2D eigenvalue weighted by Crippen LogP contribution is -2.21. The fraction of sp³-hybridized carbons (Fsp3) is 0.538. The van der Waals surface area contributed by atoms with E-state index in [2.05, 4.69) is 15.9 Å². The quantitative estimate of drug-likeness (QED) is 0.864. The van der Waals surface area contributed by atoms with E-state index in [0.29, 0.717) is 18.0 Å². The molecule has 1 heterocycles. The molecule has 0 saturated carbocycles. The molecule has 0 spiro atoms. The third-order valence-corrected chi connectivity index (χ3v) is 4.25. The van der Waals surface area contributed by atoms with Gasteiger partial charge in [0.05, 0.1) is 11.6 Å². The monoisotopic (exact) mass is 334 g/mol. The summed E-state index contributed by atoms with van der Waals surface area (Å²) in [7, 11) is 3.18. The highest BCUT2D eigenvalue weighted by molar-refractivity contribution is 9.10. The smallest absolute Gasteiger partial charge is 0.191 e. The summed E-state index contributed by atoms with van der Waals surface area (Å²) in [4.78, 5) is 2.04. The van der Waals surface area contributed by atoms with E-state index in [1.807, 2.05) is 11.9 Å². The van der Waals surface area contributed by atoms with Crippen LogP contribution >= 0.6 is 15.9 Å². The number of hydrogen-bond acceptors (Lipinski definition) is 3. The number of ether oxygens (including phenoxy) is 1. The molecule has 6 heteroatoms. The number of rotatable bonds is 3. The van der Waals surface area contributed by atoms with Crippen LogP contribution in [0.3, 0.4) is 0 Å². The maximum absolute atomic E-state index is 14.3. The molecular formula is C13H17BrF2N2O. The van der Waals surface area contributed by atoms with Gasteiger partial charge in [0, 0.05) is 18.2 Å². The fourth-order valence-electron chi connectivity index (χ4n) is 2.66. The number of benzene rings is 1. The van der Waals surface area contributed by atoms with Crippen LogP contribution in [0.25, 0.3) is 0 Å². The summed E-state index contributed by atoms with van der Waals surface area (Å²) in [5, 5.41) is 0. The van der Waals surface area contributed by atoms with Crippen LogP contribution in [0.5, 0.6) is 5.75 Å². The van der Waals surface area contributed by atoms with E-state index in [-0.39, 0.29) is 16.3 Å². The number of hydrogen-bond donors (Lipinski definition) is 1. The van der Waals surface area contributed by atoms with Crippen LogP contribution in [0.15, 0.2) is 10.5 Å². The van der Waals surface area contributed by atoms with Crippen molar-refractivity contribution in [2.45, 2.75) is 12.5 Å². The van der Waals surface area contributed by atoms with Gasteiger partial charge >= 0.3 is 0 Å². The molecule has 2 unspecified atom stereocenters. The van der Waals surface area contributed by atoms with Crippen molar-refractivity contribution in [2.75, 3.05) is 27.2 Å². The third-order valence-electron chi connectivity index (χ3n) is 3.68. The molecule has 2 atom stereocenters. The first-order valence-corrected chi connectivity index (χ1v) is 6.90. The second-order valence-electron chi connectivity index (χ2n) is 4.90. The Bertz CT molecular complexity index is 484. The molecule has 1 saturated heterocycles. The highest BCUT2D eigenvalue weighted by atomic mass is 79.9. The molecule has 0 amide bonds. The Morgan fingerprint density at radius 1 is 1.47 bits per heavy atom. The lowest BCUT2D eigenvalue weighted by molar-refractivity contribution is 0.298. The van der Waals surface area contributed by atoms with Crippen molar-refractivity contribution in [3.05, 3.63) is 27.7 Å². The molecule has 0 bridgehead atoms. The van der Waals surface area contributed by atoms with E-state index in [0.717, 1.165) is 13.0 Å². The number of nitrogens with zero attached hydrogens (tertiary/aromatic N) is 1. The molecule has 2 N–H and O–H groups in total. The van der Waals surface area contributed by atoms with Crippen LogP contribution in [0.4, 0.5) is 8.78 Å². The third kappa shape index (κ3) is 2.61. The van der Waals surface area contributed by atoms with Crippen molar-refractivity contribution < 1.29 is 13.5 Å². The lowest BCUT2D eigenvalue weighted by Gasteiger charge is -2.21. The molecule has 3 nitrogen and oxygen atoms in total. The minimum atomic E-state index is -0.709. The van der Waals surface area contributed by atoms with Gasteiger partial charge in [0.25, 0.3) is 0 Å². The van der Waals surface area contributed by atoms with Gasteiger partial charge in [-0.05, 0) is 47.9 Å². The Morgan fingerprint density at radius 3 is 2.68 bits per heavy atom. The summed E-state index contributed by atoms with van der Waals surface area (Å²) < 4.78 is 33.1. The van der Waals surface area contributed by atoms with Crippen molar-refractivity contribution in [2.24, 2.45) is 11.7 Å². The number of methoxy groups -OCH3 is 1. The Labute approximate surface area is 119 Å². The summed E-state index contributed by atoms with van der Waals surface area (Å²) in [6.07, 6.45) is 0.769. The molecular weight excluding hydrogens is 318 g/mol. The van der Waals surface area contributed by atoms with Crippen molar-refractivity contribution in [1.82, 2.24) is 4.90 Å². The lowest BCUT2D eigenvalue weighted by atomic mass is 9.99. The van der Waals surface area contributed by atoms with Gasteiger partial charge in [-0.1, -0.05) is 0 Å². The minimum absolute atomic E-state index is 0.0978. The van der Waals surface area contributed by atoms with E-state index in [1.54, 1.807) is 0 Å². The molecule has 1 fully saturated rings. The van der Waals surface area contributed by atoms with Crippen LogP contribution in [-0.2, 0) is 0 Å². The molecule has 1 aromatic carbocycles. The topological polar surface area (TPSA) is 38.5 Å². The van der Waals surface area contributed by atoms with Gasteiger partial charge in [0.15, 0.2) is 17.4 Å². The standard InChI is InChI=1S/C13H17BrF2N2O/c1-18-6-7(5-17)3-10(18)8-4-9(14)12(16)13(19-2)11(8)15/h4,7,10H,3,5-6,17H2,1-2H3. The summed E-state index contributed by atoms with van der Waals surface area (Å²) in [5.41, 5.74) is 6.12. The zero-order valence-corrected chi connectivity index (χ0v) is 12.5. The zero-order chi connectivity index (χ0) is 14.2. The first-order valence-electron chi connectivity index (χ1n) is 6.11. The summed E-state index contributed by atoms with van der Waals surface area (Å²) in [6, 6.07) is 1.40. The second kappa shape index (κ2) is 5.73. The molecule has 1 aliphatic heterocycles. The summed E-state index contributed by atoms with van der Waals surface area (Å²) >= 11 is 3.11. The van der Waals surface area contributed by atoms with Crippen molar-refractivity contribution >= 4 is 15.9 Å². The van der Waals surface area contributed by atoms with E-state index in [9.17, 15) is 8.78 Å². The van der Waals surface area contributed by atoms with E-state index >= 15 is 0 Å². The fourth-order valence-corrected chi connectivity index (χ4v) is 3.09. The second-order valence-corrected chi connectivity index (χ2v) is 5.76. The van der Waals surface area contributed by atoms with Gasteiger partial charge in [-0.25, -0.2) is 8.78 Å². The van der Waals surface area contributed by atoms with Crippen molar-refractivity contribution in [3.8, 4) is 5.75 Å². The average molecular weight is 335 g/mol. The highest BCUT2D eigenvalue weighted by Crippen LogP contribution is 2.40. The SMILES string of the molecule is COc1c(F)c(Br)cc(C2CC(CN)CN2C)c1F. The number of likely N-dealkylation sites (tertiary alicyclic amines) is 1. The maximum Gasteiger partial charge on any atom is 0.191 e. The van der Waals surface area contributed by atoms with Gasteiger partial charge in [0.1, 0.15) is 0 Å². The van der Waals surface area contributed by atoms with Crippen molar-refractivity contribution in [1.29, 1.82) is 0 Å². The highest BCUT2D eigenvalue weighted by Gasteiger charge is 2.33. The van der Waals surface area contributed by atoms with E-state index in [1.165, 1.54) is 13.2 Å². The Hall–Kier alpha value is -0.720. The Balaban J connectivity index is 2.43. The van der Waals surface area contributed by atoms with Crippen LogP contribution < -0.4 is 10.5 Å². The minimum Gasteiger partial charge on any atom is -0.491 e. The molecule has 106 valence electrons. The molecule has 0 aliphatic carbocycles. The largest absolute Gasteiger partial charge is 0.491 e. The predicted octanol–water partition coefficient (Wildman–Crippen LogP) is 2.69. The molecule has 19 heavy (non-hydrogen) atoms. The van der Waals surface area contributed by atoms with Gasteiger partial charge in [-0.15, -0.1) is 0 Å². The van der Waals surface area contributed by atoms with Gasteiger partial charge < -0.3 is 10.5 Å². The Morgan fingerprint density at radius 2 is 2.16 bits per heavy atom. The molecule has 1 aliphatic rings. The van der Waals surface area contributed by atoms with Gasteiger partial charge in [0.2, 0.25) is 0 Å². The Kier molecular flexibility index (Phi) is 4.43. The number of nitrogens with two attached hydrogens (primary N) is 1. The van der Waals surface area contributed by atoms with Gasteiger partial charge in [-0.3, -0.25) is 4.90 Å². The molecule has 2 rings (SSSR count). The molecule has 0 aromatic heterocycles. The van der Waals surface area contributed by atoms with Crippen LogP contribution in [0.1, 0.15) is 18.0 Å². The van der Waals surface area contributed by atoms with E-state index < -0.39 is 11.6 Å². The zero-order valence-electron chi connectivity index (χ0n) is 10.9. The first-order chi connectivity index (χ1) is 8.99. The van der Waals surface area contributed by atoms with Crippen molar-refractivity contribution in [3.63, 3.8) is 0 Å². The normalized spacial score (nSPS) is 23.9. The van der Waals surface area contributed by atoms with Crippen LogP contribution in [-0.4, -0.2) is 32.1 Å². The maximum atomic E-state index is 14.3. The molecule has 1 aromatic rings. The molecule has 0 radical (unpaired) electrons. The summed E-state index contributed by atoms with van der Waals surface area (Å²) in [5.74, 6) is -1.34. The van der Waals surface area contributed by atoms with Gasteiger partial charge in [-0.2, -0.15) is 0 Å². The van der Waals surface area contributed by atoms with E-state index in [4.69, 9.17) is 10.5 Å².